The van der Waals surface area contributed by atoms with Gasteiger partial charge in [-0.2, -0.15) is 0 Å². The molecule has 0 aromatic carbocycles. The molecule has 0 spiro atoms. The summed E-state index contributed by atoms with van der Waals surface area (Å²) in [6.07, 6.45) is 0.178. The van der Waals surface area contributed by atoms with Crippen LogP contribution in [0.4, 0.5) is 0 Å². The summed E-state index contributed by atoms with van der Waals surface area (Å²) in [5.41, 5.74) is 1.03. The third-order valence-electron chi connectivity index (χ3n) is 2.73. The maximum atomic E-state index is 12.4. The number of thiophene rings is 1. The zero-order chi connectivity index (χ0) is 15.1. The third kappa shape index (κ3) is 4.88. The van der Waals surface area contributed by atoms with Crippen molar-refractivity contribution in [3.05, 3.63) is 20.3 Å². The molecule has 20 heavy (non-hydrogen) atoms. The molecule has 1 amide bonds. The van der Waals surface area contributed by atoms with E-state index >= 15 is 0 Å². The average molecular weight is 364 g/mol. The predicted octanol–water partition coefficient (Wildman–Crippen LogP) is 2.47. The van der Waals surface area contributed by atoms with Gasteiger partial charge < -0.3 is 14.4 Å². The van der Waals surface area contributed by atoms with Gasteiger partial charge in [-0.05, 0) is 34.5 Å². The lowest BCUT2D eigenvalue weighted by Gasteiger charge is -2.21. The Bertz CT molecular complexity index is 455. The Labute approximate surface area is 131 Å². The normalized spacial score (nSPS) is 10.4. The minimum atomic E-state index is -0.330. The standard InChI is InChI=1S/C13H18BrNO4S/c1-9-8-10(20-12(9)14)13(17)15(6-7-18-2)5-4-11(16)19-3/h8H,4-7H2,1-3H3. The molecule has 1 aromatic heterocycles. The highest BCUT2D eigenvalue weighted by Gasteiger charge is 2.19. The van der Waals surface area contributed by atoms with Gasteiger partial charge in [-0.15, -0.1) is 11.3 Å². The molecule has 0 aliphatic rings. The number of esters is 1. The fourth-order valence-corrected chi connectivity index (χ4v) is 3.07. The number of rotatable bonds is 7. The Kier molecular flexibility index (Phi) is 7.18. The quantitative estimate of drug-likeness (QED) is 0.698. The minimum Gasteiger partial charge on any atom is -0.469 e. The van der Waals surface area contributed by atoms with Crippen LogP contribution in [0.3, 0.4) is 0 Å². The van der Waals surface area contributed by atoms with Crippen molar-refractivity contribution >= 4 is 39.1 Å². The van der Waals surface area contributed by atoms with Crippen LogP contribution in [0, 0.1) is 6.92 Å². The largest absolute Gasteiger partial charge is 0.469 e. The molecule has 0 aliphatic carbocycles. The van der Waals surface area contributed by atoms with Gasteiger partial charge >= 0.3 is 5.97 Å². The monoisotopic (exact) mass is 363 g/mol. The fraction of sp³-hybridized carbons (Fsp3) is 0.538. The van der Waals surface area contributed by atoms with Crippen LogP contribution in [0.25, 0.3) is 0 Å². The van der Waals surface area contributed by atoms with Crippen molar-refractivity contribution < 1.29 is 19.1 Å². The van der Waals surface area contributed by atoms with Crippen molar-refractivity contribution in [1.82, 2.24) is 4.90 Å². The second kappa shape index (κ2) is 8.39. The topological polar surface area (TPSA) is 55.8 Å². The van der Waals surface area contributed by atoms with Gasteiger partial charge in [0.2, 0.25) is 0 Å². The summed E-state index contributed by atoms with van der Waals surface area (Å²) in [4.78, 5) is 25.9. The SMILES string of the molecule is COCCN(CCC(=O)OC)C(=O)c1cc(C)c(Br)s1. The van der Waals surface area contributed by atoms with Crippen molar-refractivity contribution in [2.45, 2.75) is 13.3 Å². The van der Waals surface area contributed by atoms with Gasteiger partial charge in [0.25, 0.3) is 5.91 Å². The van der Waals surface area contributed by atoms with E-state index in [0.717, 1.165) is 9.35 Å². The Morgan fingerprint density at radius 1 is 1.35 bits per heavy atom. The number of amides is 1. The molecule has 0 saturated heterocycles. The highest BCUT2D eigenvalue weighted by molar-refractivity contribution is 9.11. The molecule has 1 aromatic rings. The van der Waals surface area contributed by atoms with Crippen LogP contribution in [0.2, 0.25) is 0 Å². The summed E-state index contributed by atoms with van der Waals surface area (Å²) < 4.78 is 10.6. The highest BCUT2D eigenvalue weighted by Crippen LogP contribution is 2.28. The van der Waals surface area contributed by atoms with Gasteiger partial charge in [0.05, 0.1) is 28.8 Å². The van der Waals surface area contributed by atoms with E-state index in [1.165, 1.54) is 18.4 Å². The third-order valence-corrected chi connectivity index (χ3v) is 4.86. The molecular formula is C13H18BrNO4S. The number of carbonyl (C=O) groups is 2. The van der Waals surface area contributed by atoms with Gasteiger partial charge in [0.15, 0.2) is 0 Å². The molecule has 112 valence electrons. The summed E-state index contributed by atoms with van der Waals surface area (Å²) in [6, 6.07) is 1.84. The van der Waals surface area contributed by atoms with Crippen LogP contribution >= 0.6 is 27.3 Å². The number of aryl methyl sites for hydroxylation is 1. The molecule has 1 heterocycles. The number of nitrogens with zero attached hydrogens (tertiary/aromatic N) is 1. The Balaban J connectivity index is 2.75. The first kappa shape index (κ1) is 17.1. The summed E-state index contributed by atoms with van der Waals surface area (Å²) in [6.45, 7) is 3.13. The zero-order valence-corrected chi connectivity index (χ0v) is 14.2. The number of ether oxygens (including phenoxy) is 2. The van der Waals surface area contributed by atoms with Gasteiger partial charge in [-0.1, -0.05) is 0 Å². The van der Waals surface area contributed by atoms with Crippen molar-refractivity contribution in [3.8, 4) is 0 Å². The van der Waals surface area contributed by atoms with Crippen molar-refractivity contribution in [3.63, 3.8) is 0 Å². The van der Waals surface area contributed by atoms with Gasteiger partial charge in [0.1, 0.15) is 0 Å². The predicted molar refractivity (Wildman–Crippen MR) is 81.2 cm³/mol. The molecule has 0 saturated carbocycles. The van der Waals surface area contributed by atoms with Crippen LogP contribution in [-0.2, 0) is 14.3 Å². The first-order valence-corrected chi connectivity index (χ1v) is 7.71. The number of hydrogen-bond acceptors (Lipinski definition) is 5. The molecule has 0 radical (unpaired) electrons. The van der Waals surface area contributed by atoms with Crippen LogP contribution in [0.15, 0.2) is 9.85 Å². The van der Waals surface area contributed by atoms with Crippen LogP contribution in [-0.4, -0.2) is 50.7 Å². The molecule has 0 N–H and O–H groups in total. The number of methoxy groups -OCH3 is 2. The summed E-state index contributed by atoms with van der Waals surface area (Å²) in [5, 5.41) is 0. The fourth-order valence-electron chi connectivity index (χ4n) is 1.57. The second-order valence-corrected chi connectivity index (χ2v) is 6.55. The first-order valence-electron chi connectivity index (χ1n) is 6.10. The molecular weight excluding hydrogens is 346 g/mol. The Morgan fingerprint density at radius 2 is 2.05 bits per heavy atom. The van der Waals surface area contributed by atoms with Crippen molar-refractivity contribution in [2.75, 3.05) is 33.9 Å². The van der Waals surface area contributed by atoms with Crippen LogP contribution < -0.4 is 0 Å². The van der Waals surface area contributed by atoms with Crippen molar-refractivity contribution in [1.29, 1.82) is 0 Å². The first-order chi connectivity index (χ1) is 9.49. The number of hydrogen-bond donors (Lipinski definition) is 0. The molecule has 0 fully saturated rings. The molecule has 0 atom stereocenters. The van der Waals surface area contributed by atoms with E-state index in [9.17, 15) is 9.59 Å². The maximum Gasteiger partial charge on any atom is 0.307 e. The lowest BCUT2D eigenvalue weighted by molar-refractivity contribution is -0.140. The van der Waals surface area contributed by atoms with Gasteiger partial charge in [0, 0.05) is 20.2 Å². The average Bonchev–Trinajstić information content (AvgIpc) is 2.77. The summed E-state index contributed by atoms with van der Waals surface area (Å²) >= 11 is 4.80. The molecule has 5 nitrogen and oxygen atoms in total. The van der Waals surface area contributed by atoms with E-state index in [0.29, 0.717) is 24.6 Å². The zero-order valence-electron chi connectivity index (χ0n) is 11.8. The summed E-state index contributed by atoms with van der Waals surface area (Å²) in [5.74, 6) is -0.423. The minimum absolute atomic E-state index is 0.0928. The molecule has 0 aliphatic heterocycles. The molecule has 0 bridgehead atoms. The Hall–Kier alpha value is -0.920. The molecule has 7 heteroatoms. The van der Waals surface area contributed by atoms with E-state index in [1.807, 2.05) is 13.0 Å². The van der Waals surface area contributed by atoms with Gasteiger partial charge in [-0.3, -0.25) is 9.59 Å². The molecule has 1 rings (SSSR count). The van der Waals surface area contributed by atoms with E-state index in [4.69, 9.17) is 4.74 Å². The number of halogens is 1. The van der Waals surface area contributed by atoms with E-state index in [2.05, 4.69) is 20.7 Å². The van der Waals surface area contributed by atoms with Gasteiger partial charge in [-0.25, -0.2) is 0 Å². The highest BCUT2D eigenvalue weighted by atomic mass is 79.9. The number of carbonyl (C=O) groups excluding carboxylic acids is 2. The molecule has 0 unspecified atom stereocenters. The van der Waals surface area contributed by atoms with E-state index in [-0.39, 0.29) is 18.3 Å². The second-order valence-electron chi connectivity index (χ2n) is 4.18. The van der Waals surface area contributed by atoms with E-state index in [1.54, 1.807) is 12.0 Å². The maximum absolute atomic E-state index is 12.4. The van der Waals surface area contributed by atoms with Crippen LogP contribution in [0.5, 0.6) is 0 Å². The van der Waals surface area contributed by atoms with Crippen molar-refractivity contribution in [2.24, 2.45) is 0 Å². The van der Waals surface area contributed by atoms with Crippen LogP contribution in [0.1, 0.15) is 21.7 Å². The lowest BCUT2D eigenvalue weighted by atomic mass is 10.3. The Morgan fingerprint density at radius 3 is 2.55 bits per heavy atom. The lowest BCUT2D eigenvalue weighted by Crippen LogP contribution is -2.35. The smallest absolute Gasteiger partial charge is 0.307 e. The summed E-state index contributed by atoms with van der Waals surface area (Å²) in [7, 11) is 2.91. The van der Waals surface area contributed by atoms with E-state index < -0.39 is 0 Å².